The molecule has 0 bridgehead atoms. The third kappa shape index (κ3) is 4.02. The molecule has 17 heavy (non-hydrogen) atoms. The van der Waals surface area contributed by atoms with E-state index in [9.17, 15) is 9.59 Å². The summed E-state index contributed by atoms with van der Waals surface area (Å²) in [5, 5.41) is 0. The molecule has 0 unspecified atom stereocenters. The van der Waals surface area contributed by atoms with Crippen molar-refractivity contribution in [3.63, 3.8) is 0 Å². The predicted molar refractivity (Wildman–Crippen MR) is 70.1 cm³/mol. The van der Waals surface area contributed by atoms with E-state index in [-0.39, 0.29) is 11.8 Å². The minimum Gasteiger partial charge on any atom is -0.269 e. The van der Waals surface area contributed by atoms with E-state index in [1.807, 2.05) is 45.9 Å². The van der Waals surface area contributed by atoms with Crippen molar-refractivity contribution in [1.29, 1.82) is 0 Å². The molecule has 0 aromatic rings. The maximum Gasteiger partial charge on any atom is 0.258 e. The van der Waals surface area contributed by atoms with Gasteiger partial charge in [-0.1, -0.05) is 39.8 Å². The van der Waals surface area contributed by atoms with Crippen molar-refractivity contribution in [2.75, 3.05) is 0 Å². The second kappa shape index (κ2) is 8.50. The topological polar surface area (TPSA) is 37.4 Å². The zero-order valence-electron chi connectivity index (χ0n) is 11.1. The van der Waals surface area contributed by atoms with E-state index in [2.05, 4.69) is 0 Å². The Labute approximate surface area is 103 Å². The lowest BCUT2D eigenvalue weighted by Crippen LogP contribution is -2.28. The van der Waals surface area contributed by atoms with Crippen LogP contribution in [0.1, 0.15) is 40.5 Å². The minimum atomic E-state index is -0.247. The molecule has 0 saturated carbocycles. The number of hydrogen-bond donors (Lipinski definition) is 0. The molecule has 3 nitrogen and oxygen atoms in total. The Balaban J connectivity index is 0.000000581. The van der Waals surface area contributed by atoms with Gasteiger partial charge in [0.05, 0.1) is 0 Å². The second-order valence-corrected chi connectivity index (χ2v) is 2.95. The first-order valence-electron chi connectivity index (χ1n) is 6.22. The van der Waals surface area contributed by atoms with Gasteiger partial charge < -0.3 is 0 Å². The molecule has 1 heterocycles. The summed E-state index contributed by atoms with van der Waals surface area (Å²) >= 11 is 0. The maximum atomic E-state index is 11.2. The van der Waals surface area contributed by atoms with Crippen molar-refractivity contribution >= 4 is 11.8 Å². The van der Waals surface area contributed by atoms with Gasteiger partial charge >= 0.3 is 0 Å². The molecule has 2 rings (SSSR count). The van der Waals surface area contributed by atoms with Crippen LogP contribution in [0.2, 0.25) is 0 Å². The van der Waals surface area contributed by atoms with Crippen LogP contribution in [0.4, 0.5) is 0 Å². The Morgan fingerprint density at radius 1 is 0.882 bits per heavy atom. The smallest absolute Gasteiger partial charge is 0.258 e. The molecule has 0 aromatic heterocycles. The summed E-state index contributed by atoms with van der Waals surface area (Å²) in [4.78, 5) is 23.6. The van der Waals surface area contributed by atoms with Crippen molar-refractivity contribution in [2.45, 2.75) is 40.5 Å². The van der Waals surface area contributed by atoms with Gasteiger partial charge in [0.1, 0.15) is 0 Å². The van der Waals surface area contributed by atoms with Gasteiger partial charge in [-0.3, -0.25) is 9.59 Å². The molecule has 1 aliphatic heterocycles. The second-order valence-electron chi connectivity index (χ2n) is 2.95. The van der Waals surface area contributed by atoms with E-state index in [4.69, 9.17) is 0 Å². The van der Waals surface area contributed by atoms with Gasteiger partial charge in [-0.2, -0.15) is 0 Å². The van der Waals surface area contributed by atoms with Crippen LogP contribution < -0.4 is 0 Å². The largest absolute Gasteiger partial charge is 0.269 e. The van der Waals surface area contributed by atoms with Crippen LogP contribution in [0.5, 0.6) is 0 Å². The standard InChI is InChI=1S/C10H9NO2.2C2H6/c12-9-6-7-10(13)11(9)8-4-2-1-3-5-8;2*1-2/h2,4-7H,1,3H2;2*1-2H3. The Kier molecular flexibility index (Phi) is 7.68. The fraction of sp³-hybridized carbons (Fsp3) is 0.429. The van der Waals surface area contributed by atoms with Crippen LogP contribution in [0.15, 0.2) is 36.1 Å². The molecule has 1 aliphatic carbocycles. The fourth-order valence-electron chi connectivity index (χ4n) is 1.42. The van der Waals surface area contributed by atoms with E-state index in [1.165, 1.54) is 17.1 Å². The molecule has 2 aliphatic rings. The highest BCUT2D eigenvalue weighted by atomic mass is 16.2. The number of nitrogens with zero attached hydrogens (tertiary/aromatic N) is 1. The number of carbonyl (C=O) groups is 2. The van der Waals surface area contributed by atoms with Gasteiger partial charge in [0, 0.05) is 17.8 Å². The Hall–Kier alpha value is -1.64. The van der Waals surface area contributed by atoms with E-state index >= 15 is 0 Å². The zero-order chi connectivity index (χ0) is 13.3. The van der Waals surface area contributed by atoms with Gasteiger partial charge in [-0.15, -0.1) is 0 Å². The summed E-state index contributed by atoms with van der Waals surface area (Å²) in [5.41, 5.74) is 0.700. The first kappa shape index (κ1) is 15.4. The molecule has 0 spiro atoms. The highest BCUT2D eigenvalue weighted by Gasteiger charge is 2.25. The monoisotopic (exact) mass is 235 g/mol. The number of hydrogen-bond acceptors (Lipinski definition) is 2. The fourth-order valence-corrected chi connectivity index (χ4v) is 1.42. The quantitative estimate of drug-likeness (QED) is 0.654. The molecule has 0 saturated heterocycles. The van der Waals surface area contributed by atoms with E-state index in [0.29, 0.717) is 5.70 Å². The Morgan fingerprint density at radius 3 is 1.82 bits per heavy atom. The van der Waals surface area contributed by atoms with Crippen LogP contribution in [-0.4, -0.2) is 16.7 Å². The van der Waals surface area contributed by atoms with Crippen molar-refractivity contribution in [1.82, 2.24) is 4.90 Å². The molecule has 0 atom stereocenters. The molecular formula is C14H21NO2. The number of amides is 2. The zero-order valence-corrected chi connectivity index (χ0v) is 11.1. The molecule has 3 heteroatoms. The van der Waals surface area contributed by atoms with Gasteiger partial charge in [-0.05, 0) is 18.9 Å². The van der Waals surface area contributed by atoms with E-state index in [1.54, 1.807) is 0 Å². The number of allylic oxidation sites excluding steroid dienone is 3. The lowest BCUT2D eigenvalue weighted by Gasteiger charge is -2.16. The summed E-state index contributed by atoms with van der Waals surface area (Å²) in [7, 11) is 0. The van der Waals surface area contributed by atoms with Crippen LogP contribution in [-0.2, 0) is 9.59 Å². The SMILES string of the molecule is CC.CC.O=C1C=CC(=O)N1C1=CCCC=C1. The van der Waals surface area contributed by atoms with Crippen molar-refractivity contribution in [3.05, 3.63) is 36.1 Å². The Morgan fingerprint density at radius 2 is 1.41 bits per heavy atom. The van der Waals surface area contributed by atoms with Crippen LogP contribution in [0, 0.1) is 0 Å². The van der Waals surface area contributed by atoms with Gasteiger partial charge in [0.15, 0.2) is 0 Å². The van der Waals surface area contributed by atoms with E-state index in [0.717, 1.165) is 12.8 Å². The summed E-state index contributed by atoms with van der Waals surface area (Å²) in [6, 6.07) is 0. The molecule has 0 fully saturated rings. The lowest BCUT2D eigenvalue weighted by atomic mass is 10.1. The molecule has 94 valence electrons. The third-order valence-electron chi connectivity index (χ3n) is 2.04. The molecule has 0 aromatic carbocycles. The summed E-state index contributed by atoms with van der Waals surface area (Å²) in [6.45, 7) is 8.00. The normalized spacial score (nSPS) is 16.9. The highest BCUT2D eigenvalue weighted by molar-refractivity contribution is 6.14. The average Bonchev–Trinajstić information content (AvgIpc) is 2.75. The number of imide groups is 1. The van der Waals surface area contributed by atoms with Crippen molar-refractivity contribution in [2.24, 2.45) is 0 Å². The average molecular weight is 235 g/mol. The highest BCUT2D eigenvalue weighted by Crippen LogP contribution is 2.18. The minimum absolute atomic E-state index is 0.247. The first-order chi connectivity index (χ1) is 8.29. The third-order valence-corrected chi connectivity index (χ3v) is 2.04. The number of rotatable bonds is 1. The predicted octanol–water partition coefficient (Wildman–Crippen LogP) is 3.20. The van der Waals surface area contributed by atoms with Gasteiger partial charge in [-0.25, -0.2) is 4.90 Å². The summed E-state index contributed by atoms with van der Waals surface area (Å²) in [5.74, 6) is -0.495. The first-order valence-corrected chi connectivity index (χ1v) is 6.22. The molecule has 2 amide bonds. The van der Waals surface area contributed by atoms with Crippen LogP contribution in [0.3, 0.4) is 0 Å². The van der Waals surface area contributed by atoms with Crippen LogP contribution in [0.25, 0.3) is 0 Å². The van der Waals surface area contributed by atoms with E-state index < -0.39 is 0 Å². The summed E-state index contributed by atoms with van der Waals surface area (Å²) < 4.78 is 0. The maximum absolute atomic E-state index is 11.2. The Bertz CT molecular complexity index is 333. The van der Waals surface area contributed by atoms with Crippen LogP contribution >= 0.6 is 0 Å². The molecule has 0 radical (unpaired) electrons. The van der Waals surface area contributed by atoms with Gasteiger partial charge in [0.2, 0.25) is 0 Å². The van der Waals surface area contributed by atoms with Gasteiger partial charge in [0.25, 0.3) is 11.8 Å². The summed E-state index contributed by atoms with van der Waals surface area (Å²) in [6.07, 6.45) is 10.1. The van der Waals surface area contributed by atoms with Crippen molar-refractivity contribution < 1.29 is 9.59 Å². The molecule has 0 N–H and O–H groups in total. The number of carbonyl (C=O) groups excluding carboxylic acids is 2. The van der Waals surface area contributed by atoms with Crippen molar-refractivity contribution in [3.8, 4) is 0 Å². The molecular weight excluding hydrogens is 214 g/mol. The lowest BCUT2D eigenvalue weighted by molar-refractivity contribution is -0.134.